The van der Waals surface area contributed by atoms with Gasteiger partial charge in [0.1, 0.15) is 48.8 Å². The second kappa shape index (κ2) is 31.5. The van der Waals surface area contributed by atoms with E-state index >= 15 is 0 Å². The van der Waals surface area contributed by atoms with Gasteiger partial charge in [-0.3, -0.25) is 0 Å². The topological polar surface area (TPSA) is 147 Å². The van der Waals surface area contributed by atoms with Gasteiger partial charge in [0.05, 0.1) is 43.0 Å². The molecule has 0 aromatic rings. The number of hydrogen-bond acceptors (Lipinski definition) is 10. The Labute approximate surface area is 361 Å². The van der Waals surface area contributed by atoms with Crippen molar-refractivity contribution in [3.05, 3.63) is 83.9 Å². The Kier molecular flexibility index (Phi) is 28.2. The van der Waals surface area contributed by atoms with Gasteiger partial charge in [0, 0.05) is 12.8 Å². The Balaban J connectivity index is 0.000000375. The first kappa shape index (κ1) is 53.7. The molecule has 0 heterocycles. The average molecular weight is 835 g/mol. The van der Waals surface area contributed by atoms with Gasteiger partial charge in [-0.05, 0) is 118 Å². The predicted octanol–water partition coefficient (Wildman–Crippen LogP) is 8.37. The molecule has 0 radical (unpaired) electrons. The second-order valence-electron chi connectivity index (χ2n) is 15.3. The molecule has 10 heteroatoms. The van der Waals surface area contributed by atoms with E-state index in [1.54, 1.807) is 0 Å². The van der Waals surface area contributed by atoms with Crippen LogP contribution in [-0.4, -0.2) is 86.6 Å². The van der Waals surface area contributed by atoms with Gasteiger partial charge in [-0.25, -0.2) is 0 Å². The first-order valence-electron chi connectivity index (χ1n) is 21.4. The van der Waals surface area contributed by atoms with Crippen LogP contribution in [-0.2, 0) is 23.7 Å². The minimum atomic E-state index is -0.430. The van der Waals surface area contributed by atoms with Crippen LogP contribution in [0.15, 0.2) is 83.9 Å². The second-order valence-corrected chi connectivity index (χ2v) is 15.3. The fraction of sp³-hybridized carbons (Fsp3) is 0.600. The van der Waals surface area contributed by atoms with Crippen molar-refractivity contribution in [1.82, 2.24) is 0 Å². The van der Waals surface area contributed by atoms with Crippen molar-refractivity contribution in [2.75, 3.05) is 0 Å². The monoisotopic (exact) mass is 835 g/mol. The number of hydrogen-bond donors (Lipinski definition) is 5. The fourth-order valence-corrected chi connectivity index (χ4v) is 7.61. The van der Waals surface area contributed by atoms with E-state index in [2.05, 4.69) is 61.9 Å². The third kappa shape index (κ3) is 20.3. The summed E-state index contributed by atoms with van der Waals surface area (Å²) in [4.78, 5) is 0. The number of terminal acetylenes is 3. The van der Waals surface area contributed by atoms with Gasteiger partial charge in [0.15, 0.2) is 0 Å². The van der Waals surface area contributed by atoms with Crippen LogP contribution in [0.2, 0.25) is 0 Å². The number of ether oxygens (including phenoxy) is 5. The summed E-state index contributed by atoms with van der Waals surface area (Å²) < 4.78 is 25.2. The maximum atomic E-state index is 9.59. The third-order valence-electron chi connectivity index (χ3n) is 11.5. The minimum Gasteiger partial charge on any atom is -0.496 e. The third-order valence-corrected chi connectivity index (χ3v) is 11.5. The highest BCUT2D eigenvalue weighted by molar-refractivity contribution is 5.10. The summed E-state index contributed by atoms with van der Waals surface area (Å²) in [7, 11) is 0. The van der Waals surface area contributed by atoms with E-state index in [1.807, 2.05) is 34.6 Å². The molecule has 5 aliphatic rings. The molecular formula is C50H74O10. The molecule has 10 nitrogen and oxygen atoms in total. The summed E-state index contributed by atoms with van der Waals surface area (Å²) >= 11 is 0. The molecule has 10 atom stereocenters. The first-order chi connectivity index (χ1) is 28.9. The molecule has 5 aliphatic carbocycles. The van der Waals surface area contributed by atoms with Crippen LogP contribution in [0.5, 0.6) is 0 Å². The van der Waals surface area contributed by atoms with E-state index in [0.29, 0.717) is 6.42 Å². The minimum absolute atomic E-state index is 0.0498. The molecule has 5 fully saturated rings. The van der Waals surface area contributed by atoms with E-state index in [0.717, 1.165) is 89.9 Å². The normalized spacial score (nSPS) is 33.1. The molecule has 0 spiro atoms. The molecule has 0 aliphatic heterocycles. The van der Waals surface area contributed by atoms with Crippen LogP contribution in [0.1, 0.15) is 131 Å². The summed E-state index contributed by atoms with van der Waals surface area (Å²) in [5, 5.41) is 47.6. The van der Waals surface area contributed by atoms with E-state index < -0.39 is 18.3 Å². The maximum Gasteiger partial charge on any atom is 0.140 e. The molecule has 0 aromatic carbocycles. The van der Waals surface area contributed by atoms with Crippen molar-refractivity contribution < 1.29 is 49.2 Å². The predicted molar refractivity (Wildman–Crippen MR) is 239 cm³/mol. The molecule has 0 saturated heterocycles. The van der Waals surface area contributed by atoms with Gasteiger partial charge < -0.3 is 49.2 Å². The molecule has 5 saturated carbocycles. The summed E-state index contributed by atoms with van der Waals surface area (Å²) in [6.45, 7) is 17.0. The quantitative estimate of drug-likeness (QED) is 0.0963. The number of allylic oxidation sites excluding steroid dienone is 5. The van der Waals surface area contributed by atoms with Gasteiger partial charge in [-0.2, -0.15) is 0 Å². The van der Waals surface area contributed by atoms with Gasteiger partial charge in [-0.1, -0.05) is 90.7 Å². The van der Waals surface area contributed by atoms with Crippen molar-refractivity contribution in [1.29, 1.82) is 0 Å². The van der Waals surface area contributed by atoms with Crippen molar-refractivity contribution in [2.45, 2.75) is 192 Å². The molecule has 0 aromatic heterocycles. The van der Waals surface area contributed by atoms with Gasteiger partial charge >= 0.3 is 0 Å². The number of aliphatic hydroxyl groups is 5. The standard InChI is InChI=1S/2C10H16O2.3C10H14O2/c3*1-3-8-5-6-10(12-4-2)9(11)7-8;2*1-3-8-5-6-9(11)10(7-8)12-4-2/h2*3-4,9-11H,2,5-7H2,1H3;3*2-3,9-11H,5-7H2,1H3/b8-3+;8-3-;2*8-3+;8-3-. The van der Waals surface area contributed by atoms with Gasteiger partial charge in [-0.15, -0.1) is 0 Å². The SMILES string of the molecule is C#COC1C/C(=C/C)CCC1O.C#COC1C/C(=C\C)CCC1O.C#COC1CC/C(=C\C)CC1O.C=COC1CC/C(=C/C)CC1O.C=COC1CC/C(=C\C)CC1O. The molecule has 5 rings (SSSR count). The lowest BCUT2D eigenvalue weighted by molar-refractivity contribution is -0.00549. The van der Waals surface area contributed by atoms with Crippen LogP contribution >= 0.6 is 0 Å². The Hall–Kier alpha value is -4.34. The van der Waals surface area contributed by atoms with Crippen LogP contribution in [0.25, 0.3) is 0 Å². The van der Waals surface area contributed by atoms with Crippen LogP contribution < -0.4 is 0 Å². The Bertz CT molecular complexity index is 1440. The van der Waals surface area contributed by atoms with Crippen molar-refractivity contribution >= 4 is 0 Å². The fourth-order valence-electron chi connectivity index (χ4n) is 7.61. The number of rotatable bonds is 7. The van der Waals surface area contributed by atoms with Crippen molar-refractivity contribution in [3.63, 3.8) is 0 Å². The molecule has 334 valence electrons. The van der Waals surface area contributed by atoms with Crippen LogP contribution in [0.4, 0.5) is 0 Å². The Morgan fingerprint density at radius 3 is 0.950 bits per heavy atom. The van der Waals surface area contributed by atoms with Crippen LogP contribution in [0, 0.1) is 37.6 Å². The highest BCUT2D eigenvalue weighted by Crippen LogP contribution is 2.29. The largest absolute Gasteiger partial charge is 0.496 e. The lowest BCUT2D eigenvalue weighted by atomic mass is 9.90. The highest BCUT2D eigenvalue weighted by Gasteiger charge is 2.29. The Morgan fingerprint density at radius 1 is 0.417 bits per heavy atom. The molecule has 0 bridgehead atoms. The average Bonchev–Trinajstić information content (AvgIpc) is 3.26. The molecule has 60 heavy (non-hydrogen) atoms. The highest BCUT2D eigenvalue weighted by atomic mass is 16.5. The van der Waals surface area contributed by atoms with E-state index in [4.69, 9.17) is 43.0 Å². The van der Waals surface area contributed by atoms with Crippen molar-refractivity contribution in [2.24, 2.45) is 0 Å². The number of aliphatic hydroxyl groups excluding tert-OH is 5. The smallest absolute Gasteiger partial charge is 0.140 e. The van der Waals surface area contributed by atoms with Crippen molar-refractivity contribution in [3.8, 4) is 37.6 Å². The molecule has 5 N–H and O–H groups in total. The zero-order chi connectivity index (χ0) is 44.9. The summed E-state index contributed by atoms with van der Waals surface area (Å²) in [6.07, 6.45) is 44.7. The molecule has 10 unspecified atom stereocenters. The summed E-state index contributed by atoms with van der Waals surface area (Å²) in [5.41, 5.74) is 6.58. The molecular weight excluding hydrogens is 761 g/mol. The summed E-state index contributed by atoms with van der Waals surface area (Å²) in [6, 6.07) is 0. The Morgan fingerprint density at radius 2 is 0.683 bits per heavy atom. The van der Waals surface area contributed by atoms with Gasteiger partial charge in [0.2, 0.25) is 0 Å². The zero-order valence-electron chi connectivity index (χ0n) is 36.8. The molecule has 0 amide bonds. The summed E-state index contributed by atoms with van der Waals surface area (Å²) in [5.74, 6) is 0. The first-order valence-corrected chi connectivity index (χ1v) is 21.4. The maximum absolute atomic E-state index is 9.59. The van der Waals surface area contributed by atoms with E-state index in [1.165, 1.54) is 40.4 Å². The van der Waals surface area contributed by atoms with E-state index in [-0.39, 0.29) is 42.7 Å². The lowest BCUT2D eigenvalue weighted by Gasteiger charge is -2.28. The van der Waals surface area contributed by atoms with E-state index in [9.17, 15) is 25.5 Å². The van der Waals surface area contributed by atoms with Crippen LogP contribution in [0.3, 0.4) is 0 Å². The lowest BCUT2D eigenvalue weighted by Crippen LogP contribution is -2.31. The van der Waals surface area contributed by atoms with Gasteiger partial charge in [0.25, 0.3) is 0 Å². The zero-order valence-corrected chi connectivity index (χ0v) is 36.8.